The van der Waals surface area contributed by atoms with Crippen molar-refractivity contribution in [3.63, 3.8) is 0 Å². The first-order valence-corrected chi connectivity index (χ1v) is 14.8. The Morgan fingerprint density at radius 2 is 1.71 bits per heavy atom. The number of aromatic hydroxyl groups is 1. The van der Waals surface area contributed by atoms with Crippen molar-refractivity contribution in [1.82, 2.24) is 15.1 Å². The Morgan fingerprint density at radius 1 is 1.09 bits per heavy atom. The lowest BCUT2D eigenvalue weighted by molar-refractivity contribution is -0.154. The fraction of sp³-hybridized carbons (Fsp3) is 0.562. The summed E-state index contributed by atoms with van der Waals surface area (Å²) in [7, 11) is 6.67. The summed E-state index contributed by atoms with van der Waals surface area (Å²) in [6.45, 7) is 6.93. The van der Waals surface area contributed by atoms with E-state index < -0.39 is 64.8 Å². The Kier molecular flexibility index (Phi) is 8.88. The minimum atomic E-state index is -2.75. The molecule has 1 saturated carbocycles. The fourth-order valence-corrected chi connectivity index (χ4v) is 7.06. The SMILES string of the molecule is CC(=O)N(Cc1cc(N(C)C)c2c(c1O)C(O)=C1C(=O)[C@]3(O)C(O)=C(C(=O)NCO)C(=O)[C@@H](N(C)C)[C@@H]3C[C@@H]1C2)CC(C)(C)C. The number of benzene rings is 1. The molecule has 13 heteroatoms. The van der Waals surface area contributed by atoms with Crippen LogP contribution < -0.4 is 10.2 Å². The maximum atomic E-state index is 14.3. The minimum Gasteiger partial charge on any atom is -0.508 e. The van der Waals surface area contributed by atoms with E-state index in [-0.39, 0.29) is 47.6 Å². The van der Waals surface area contributed by atoms with Crippen molar-refractivity contribution in [3.05, 3.63) is 39.7 Å². The van der Waals surface area contributed by atoms with E-state index in [0.717, 1.165) is 0 Å². The largest absolute Gasteiger partial charge is 0.508 e. The van der Waals surface area contributed by atoms with Crippen LogP contribution in [-0.2, 0) is 32.1 Å². The molecule has 0 aromatic heterocycles. The number of ketones is 2. The molecule has 2 amide bonds. The monoisotopic (exact) mass is 628 g/mol. The van der Waals surface area contributed by atoms with Crippen LogP contribution in [0, 0.1) is 17.3 Å². The Hall–Kier alpha value is -3.94. The summed E-state index contributed by atoms with van der Waals surface area (Å²) >= 11 is 0. The first-order chi connectivity index (χ1) is 20.8. The molecule has 45 heavy (non-hydrogen) atoms. The topological polar surface area (TPSA) is 191 Å². The molecule has 0 heterocycles. The number of carbonyl (C=O) groups is 4. The zero-order chi connectivity index (χ0) is 33.9. The number of phenols is 1. The van der Waals surface area contributed by atoms with Gasteiger partial charge < -0.3 is 40.6 Å². The van der Waals surface area contributed by atoms with Crippen molar-refractivity contribution in [3.8, 4) is 5.75 Å². The number of hydrogen-bond acceptors (Lipinski definition) is 11. The zero-order valence-corrected chi connectivity index (χ0v) is 27.1. The lowest BCUT2D eigenvalue weighted by Crippen LogP contribution is -2.65. The van der Waals surface area contributed by atoms with E-state index in [9.17, 15) is 44.7 Å². The standard InChI is InChI=1S/C32H44N4O9/c1-15(38)36(13-31(2,3)4)12-17-11-20(34(5)6)18-9-16-10-19-24(35(7)8)27(41)23(30(44)33-14-37)29(43)32(19,45)28(42)21(16)26(40)22(18)25(17)39/h11,16,19,24,37,39-40,43,45H,9-10,12-14H2,1-8H3,(H,33,44)/t16-,19-,24-,32-/m0/s1. The van der Waals surface area contributed by atoms with Crippen LogP contribution in [0.3, 0.4) is 0 Å². The van der Waals surface area contributed by atoms with Crippen molar-refractivity contribution >= 4 is 34.8 Å². The van der Waals surface area contributed by atoms with E-state index in [0.29, 0.717) is 23.4 Å². The number of anilines is 1. The molecule has 0 aliphatic heterocycles. The molecule has 1 aromatic rings. The van der Waals surface area contributed by atoms with E-state index in [1.807, 2.05) is 26.1 Å². The van der Waals surface area contributed by atoms with Crippen LogP contribution in [0.4, 0.5) is 5.69 Å². The summed E-state index contributed by atoms with van der Waals surface area (Å²) in [5.41, 5.74) is -2.58. The number of likely N-dealkylation sites (N-methyl/N-ethyl adjacent to an activating group) is 1. The highest BCUT2D eigenvalue weighted by atomic mass is 16.3. The highest BCUT2D eigenvalue weighted by Gasteiger charge is 2.64. The summed E-state index contributed by atoms with van der Waals surface area (Å²) in [4.78, 5) is 57.9. The summed E-state index contributed by atoms with van der Waals surface area (Å²) < 4.78 is 0. The molecule has 3 aliphatic rings. The highest BCUT2D eigenvalue weighted by Crippen LogP contribution is 2.54. The average molecular weight is 629 g/mol. The molecule has 0 spiro atoms. The summed E-state index contributed by atoms with van der Waals surface area (Å²) in [5, 5.41) is 57.8. The maximum Gasteiger partial charge on any atom is 0.260 e. The van der Waals surface area contributed by atoms with Crippen molar-refractivity contribution in [2.24, 2.45) is 17.3 Å². The average Bonchev–Trinajstić information content (AvgIpc) is 2.90. The number of hydrogen-bond donors (Lipinski definition) is 6. The molecule has 13 nitrogen and oxygen atoms in total. The van der Waals surface area contributed by atoms with Gasteiger partial charge in [-0.1, -0.05) is 20.8 Å². The molecule has 0 radical (unpaired) electrons. The summed E-state index contributed by atoms with van der Waals surface area (Å²) in [6.07, 6.45) is 0.136. The van der Waals surface area contributed by atoms with Gasteiger partial charge in [0.2, 0.25) is 11.7 Å². The zero-order valence-electron chi connectivity index (χ0n) is 27.1. The lowest BCUT2D eigenvalue weighted by atomic mass is 9.57. The number of amides is 2. The third kappa shape index (κ3) is 5.57. The molecule has 3 aliphatic carbocycles. The Bertz CT molecular complexity index is 1520. The molecular formula is C32H44N4O9. The van der Waals surface area contributed by atoms with Crippen molar-refractivity contribution in [2.45, 2.75) is 58.7 Å². The van der Waals surface area contributed by atoms with Gasteiger partial charge in [-0.15, -0.1) is 0 Å². The van der Waals surface area contributed by atoms with Gasteiger partial charge in [0.1, 0.15) is 29.6 Å². The van der Waals surface area contributed by atoms with Gasteiger partial charge in [0.05, 0.1) is 11.6 Å². The normalized spacial score (nSPS) is 24.7. The van der Waals surface area contributed by atoms with E-state index in [1.165, 1.54) is 11.8 Å². The highest BCUT2D eigenvalue weighted by molar-refractivity contribution is 6.25. The molecule has 6 N–H and O–H groups in total. The number of phenolic OH excluding ortho intramolecular Hbond substituents is 1. The van der Waals surface area contributed by atoms with Gasteiger partial charge in [-0.25, -0.2) is 0 Å². The van der Waals surface area contributed by atoms with Gasteiger partial charge in [0.15, 0.2) is 11.4 Å². The molecule has 1 aromatic carbocycles. The second-order valence-electron chi connectivity index (χ2n) is 13.8. The van der Waals surface area contributed by atoms with Crippen molar-refractivity contribution < 1.29 is 44.7 Å². The quantitative estimate of drug-likeness (QED) is 0.187. The molecule has 0 saturated heterocycles. The fourth-order valence-electron chi connectivity index (χ4n) is 7.06. The Morgan fingerprint density at radius 3 is 2.22 bits per heavy atom. The van der Waals surface area contributed by atoms with Crippen LogP contribution in [0.5, 0.6) is 5.75 Å². The number of nitrogens with one attached hydrogen (secondary N) is 1. The van der Waals surface area contributed by atoms with Gasteiger partial charge in [-0.05, 0) is 49.9 Å². The molecule has 4 rings (SSSR count). The summed E-state index contributed by atoms with van der Waals surface area (Å²) in [5.74, 6) is -7.23. The van der Waals surface area contributed by atoms with Gasteiger partial charge >= 0.3 is 0 Å². The predicted molar refractivity (Wildman–Crippen MR) is 165 cm³/mol. The first-order valence-electron chi connectivity index (χ1n) is 14.8. The molecule has 1 fully saturated rings. The first kappa shape index (κ1) is 33.9. The van der Waals surface area contributed by atoms with Crippen LogP contribution in [0.1, 0.15) is 50.8 Å². The van der Waals surface area contributed by atoms with Crippen LogP contribution in [0.15, 0.2) is 23.0 Å². The smallest absolute Gasteiger partial charge is 0.260 e. The third-order valence-corrected chi connectivity index (χ3v) is 8.95. The van der Waals surface area contributed by atoms with E-state index in [2.05, 4.69) is 0 Å². The lowest BCUT2D eigenvalue weighted by Gasteiger charge is -2.50. The number of rotatable bonds is 7. The van der Waals surface area contributed by atoms with Gasteiger partial charge in [-0.2, -0.15) is 0 Å². The third-order valence-electron chi connectivity index (χ3n) is 8.95. The van der Waals surface area contributed by atoms with Gasteiger partial charge in [-0.3, -0.25) is 24.1 Å². The van der Waals surface area contributed by atoms with Crippen molar-refractivity contribution in [2.75, 3.05) is 46.4 Å². The Balaban J connectivity index is 1.94. The van der Waals surface area contributed by atoms with Crippen LogP contribution in [-0.4, -0.2) is 112 Å². The van der Waals surface area contributed by atoms with E-state index in [1.54, 1.807) is 44.1 Å². The summed E-state index contributed by atoms with van der Waals surface area (Å²) in [6, 6.07) is 0.559. The van der Waals surface area contributed by atoms with Crippen molar-refractivity contribution in [1.29, 1.82) is 0 Å². The van der Waals surface area contributed by atoms with Crippen LogP contribution in [0.25, 0.3) is 5.76 Å². The van der Waals surface area contributed by atoms with Gasteiger partial charge in [0.25, 0.3) is 5.91 Å². The number of nitrogens with zero attached hydrogens (tertiary/aromatic N) is 3. The number of carbonyl (C=O) groups excluding carboxylic acids is 4. The van der Waals surface area contributed by atoms with Gasteiger partial charge in [0, 0.05) is 56.9 Å². The minimum absolute atomic E-state index is 0.0186. The Labute approximate surface area is 262 Å². The molecule has 4 atom stereocenters. The predicted octanol–water partition coefficient (Wildman–Crippen LogP) is 1.01. The maximum absolute atomic E-state index is 14.3. The van der Waals surface area contributed by atoms with E-state index in [4.69, 9.17) is 0 Å². The number of fused-ring (bicyclic) bond motifs is 3. The molecule has 0 unspecified atom stereocenters. The molecule has 0 bridgehead atoms. The van der Waals surface area contributed by atoms with Crippen LogP contribution in [0.2, 0.25) is 0 Å². The van der Waals surface area contributed by atoms with Crippen LogP contribution >= 0.6 is 0 Å². The second kappa shape index (κ2) is 11.8. The molecular weight excluding hydrogens is 584 g/mol. The number of aliphatic hydroxyl groups is 4. The number of Topliss-reactive ketones (excluding diaryl/α,β-unsaturated/α-hetero) is 2. The van der Waals surface area contributed by atoms with E-state index >= 15 is 0 Å². The second-order valence-corrected chi connectivity index (χ2v) is 13.8. The number of aliphatic hydroxyl groups excluding tert-OH is 3. The molecule has 246 valence electrons.